The molecule has 1 aromatic heterocycles. The number of phenolic OH excluding ortho intramolecular Hbond substituents is 1. The highest BCUT2D eigenvalue weighted by Crippen LogP contribution is 2.64. The van der Waals surface area contributed by atoms with Crippen molar-refractivity contribution in [3.63, 3.8) is 0 Å². The molecule has 6 rings (SSSR count). The Labute approximate surface area is 258 Å². The summed E-state index contributed by atoms with van der Waals surface area (Å²) in [6.45, 7) is -0.246. The predicted octanol–water partition coefficient (Wildman–Crippen LogP) is 4.87. The number of nitrogens with zero attached hydrogens (tertiary/aromatic N) is 3. The van der Waals surface area contributed by atoms with Crippen molar-refractivity contribution in [2.75, 3.05) is 0 Å². The minimum Gasteiger partial charge on any atom is -0.508 e. The summed E-state index contributed by atoms with van der Waals surface area (Å²) < 4.78 is 46.4. The van der Waals surface area contributed by atoms with Crippen LogP contribution < -0.4 is 16.1 Å². The Morgan fingerprint density at radius 2 is 1.58 bits per heavy atom. The minimum atomic E-state index is -5.12. The smallest absolute Gasteiger partial charge is 0.508 e. The Kier molecular flexibility index (Phi) is 6.74. The fraction of sp³-hybridized carbons (Fsp3) is 0.259. The summed E-state index contributed by atoms with van der Waals surface area (Å²) in [5, 5.41) is 9.43. The molecule has 4 atom stereocenters. The molecule has 3 aromatic rings. The average molecular weight is 677 g/mol. The number of rotatable bonds is 3. The second-order valence-corrected chi connectivity index (χ2v) is 12.1. The van der Waals surface area contributed by atoms with Gasteiger partial charge in [-0.15, -0.1) is 36.4 Å². The van der Waals surface area contributed by atoms with Gasteiger partial charge in [-0.25, -0.2) is 23.5 Å². The number of carbonyl (C=O) groups is 2. The number of phenols is 1. The molecule has 1 aliphatic heterocycles. The summed E-state index contributed by atoms with van der Waals surface area (Å²) in [4.78, 5) is 49.7. The Hall–Kier alpha value is -3.45. The van der Waals surface area contributed by atoms with Crippen LogP contribution in [0, 0.1) is 0 Å². The summed E-state index contributed by atoms with van der Waals surface area (Å²) in [6.07, 6.45) is -4.24. The topological polar surface area (TPSA) is 113 Å². The molecule has 0 amide bonds. The molecule has 2 aliphatic carbocycles. The van der Waals surface area contributed by atoms with Gasteiger partial charge in [0.2, 0.25) is 0 Å². The van der Waals surface area contributed by atoms with Crippen LogP contribution in [0.5, 0.6) is 11.5 Å². The van der Waals surface area contributed by atoms with Crippen molar-refractivity contribution in [3.8, 4) is 17.2 Å². The molecule has 16 heteroatoms. The van der Waals surface area contributed by atoms with Crippen LogP contribution >= 0.6 is 46.4 Å². The van der Waals surface area contributed by atoms with E-state index in [-0.39, 0.29) is 23.4 Å². The van der Waals surface area contributed by atoms with Crippen LogP contribution in [0.3, 0.4) is 0 Å². The molecular formula is C27H16Cl4F3N3O6. The maximum absolute atomic E-state index is 13.8. The molecule has 0 spiro atoms. The average Bonchev–Trinajstić information content (AvgIpc) is 3.21. The monoisotopic (exact) mass is 675 g/mol. The molecule has 0 radical (unpaired) electrons. The first-order valence-electron chi connectivity index (χ1n) is 12.4. The summed E-state index contributed by atoms with van der Waals surface area (Å²) in [5.41, 5.74) is -1.59. The SMILES string of the molecule is O=C1C(Cl)=C(Cl)C(=O)C2(Cl)C(c3cc(OC(F)(F)F)ccc3O)C3=CCn4c(=O)n(-c5ccccc5)c(=O)n4C3CC12Cl. The summed E-state index contributed by atoms with van der Waals surface area (Å²) in [7, 11) is 0. The van der Waals surface area contributed by atoms with Gasteiger partial charge < -0.3 is 9.84 Å². The van der Waals surface area contributed by atoms with Gasteiger partial charge in [0.1, 0.15) is 31.3 Å². The lowest BCUT2D eigenvalue weighted by atomic mass is 9.59. The van der Waals surface area contributed by atoms with E-state index >= 15 is 0 Å². The van der Waals surface area contributed by atoms with Gasteiger partial charge in [-0.05, 0) is 35.9 Å². The number of alkyl halides is 5. The minimum absolute atomic E-state index is 0.113. The Morgan fingerprint density at radius 1 is 0.930 bits per heavy atom. The van der Waals surface area contributed by atoms with Crippen molar-refractivity contribution in [1.82, 2.24) is 13.9 Å². The lowest BCUT2D eigenvalue weighted by Crippen LogP contribution is -2.67. The van der Waals surface area contributed by atoms with Crippen LogP contribution in [-0.2, 0) is 16.1 Å². The van der Waals surface area contributed by atoms with Gasteiger partial charge in [0.15, 0.2) is 11.6 Å². The van der Waals surface area contributed by atoms with Gasteiger partial charge >= 0.3 is 17.7 Å². The number of carbonyl (C=O) groups excluding carboxylic acids is 2. The fourth-order valence-corrected chi connectivity index (χ4v) is 7.59. The first kappa shape index (κ1) is 29.6. The molecule has 43 heavy (non-hydrogen) atoms. The van der Waals surface area contributed by atoms with Crippen molar-refractivity contribution in [1.29, 1.82) is 0 Å². The molecule has 1 saturated carbocycles. The van der Waals surface area contributed by atoms with E-state index in [0.29, 0.717) is 0 Å². The van der Waals surface area contributed by atoms with E-state index in [9.17, 15) is 37.5 Å². The maximum Gasteiger partial charge on any atom is 0.573 e. The molecule has 0 saturated heterocycles. The van der Waals surface area contributed by atoms with Crippen molar-refractivity contribution in [2.24, 2.45) is 0 Å². The molecule has 0 bridgehead atoms. The van der Waals surface area contributed by atoms with E-state index in [1.165, 1.54) is 18.2 Å². The highest BCUT2D eigenvalue weighted by atomic mass is 35.5. The third-order valence-corrected chi connectivity index (χ3v) is 10.1. The van der Waals surface area contributed by atoms with Gasteiger partial charge in [-0.1, -0.05) is 47.5 Å². The van der Waals surface area contributed by atoms with E-state index in [1.807, 2.05) is 0 Å². The Bertz CT molecular complexity index is 1910. The number of fused-ring (bicyclic) bond motifs is 4. The fourth-order valence-electron chi connectivity index (χ4n) is 6.07. The van der Waals surface area contributed by atoms with Gasteiger partial charge in [-0.2, -0.15) is 0 Å². The number of hydrogen-bond donors (Lipinski definition) is 1. The van der Waals surface area contributed by atoms with Crippen molar-refractivity contribution >= 4 is 58.0 Å². The van der Waals surface area contributed by atoms with E-state index in [1.54, 1.807) is 18.2 Å². The molecule has 2 heterocycles. The summed E-state index contributed by atoms with van der Waals surface area (Å²) in [5.74, 6) is -5.28. The molecule has 4 unspecified atom stereocenters. The molecule has 3 aliphatic rings. The number of ether oxygens (including phenoxy) is 1. The van der Waals surface area contributed by atoms with Crippen LogP contribution in [0.25, 0.3) is 5.69 Å². The van der Waals surface area contributed by atoms with Crippen LogP contribution in [-0.4, -0.2) is 46.7 Å². The number of halogens is 7. The zero-order valence-corrected chi connectivity index (χ0v) is 24.3. The molecule has 9 nitrogen and oxygen atoms in total. The first-order chi connectivity index (χ1) is 20.1. The zero-order valence-electron chi connectivity index (χ0n) is 21.2. The lowest BCUT2D eigenvalue weighted by molar-refractivity contribution is -0.274. The number of para-hydroxylation sites is 1. The Balaban J connectivity index is 1.64. The number of hydrogen-bond acceptors (Lipinski definition) is 6. The van der Waals surface area contributed by atoms with Gasteiger partial charge in [-0.3, -0.25) is 9.59 Å². The van der Waals surface area contributed by atoms with E-state index in [2.05, 4.69) is 4.74 Å². The number of ketones is 2. The third-order valence-electron chi connectivity index (χ3n) is 7.86. The molecule has 224 valence electrons. The molecule has 1 fully saturated rings. The maximum atomic E-state index is 13.8. The number of allylic oxidation sites excluding steroid dienone is 4. The number of aromatic nitrogens is 3. The van der Waals surface area contributed by atoms with E-state index < -0.39 is 79.0 Å². The second kappa shape index (κ2) is 9.78. The Morgan fingerprint density at radius 3 is 2.23 bits per heavy atom. The van der Waals surface area contributed by atoms with Crippen molar-refractivity contribution < 1.29 is 32.6 Å². The van der Waals surface area contributed by atoms with Crippen molar-refractivity contribution in [3.05, 3.63) is 96.8 Å². The quantitative estimate of drug-likeness (QED) is 0.313. The molecular weight excluding hydrogens is 661 g/mol. The van der Waals surface area contributed by atoms with Crippen LogP contribution in [0.1, 0.15) is 23.9 Å². The number of aromatic hydroxyl groups is 1. The van der Waals surface area contributed by atoms with Gasteiger partial charge in [0.05, 0.1) is 18.3 Å². The second-order valence-electron chi connectivity index (χ2n) is 10.1. The number of benzene rings is 2. The van der Waals surface area contributed by atoms with Crippen LogP contribution in [0.15, 0.2) is 79.8 Å². The summed E-state index contributed by atoms with van der Waals surface area (Å²) >= 11 is 26.3. The third kappa shape index (κ3) is 4.14. The normalized spacial score (nSPS) is 26.9. The van der Waals surface area contributed by atoms with Crippen LogP contribution in [0.4, 0.5) is 13.2 Å². The number of Topliss-reactive ketones (excluding diaryl/α,β-unsaturated/α-hetero) is 2. The van der Waals surface area contributed by atoms with Gasteiger partial charge in [0.25, 0.3) is 0 Å². The zero-order chi connectivity index (χ0) is 31.2. The van der Waals surface area contributed by atoms with E-state index in [0.717, 1.165) is 32.1 Å². The highest BCUT2D eigenvalue weighted by Gasteiger charge is 2.71. The standard InChI is InChI=1S/C27H16Cl4F3N3O6/c28-19-20(29)22(40)26(31)18(15-10-13(6-7-17(15)38)43-27(32,33)34)14-8-9-35-23(41)36(12-4-2-1-3-5-12)24(42)37(35)16(14)11-25(26,30)21(19)39/h1-8,10,16,18,38H,9,11H2. The predicted molar refractivity (Wildman–Crippen MR) is 149 cm³/mol. The molecule has 1 N–H and O–H groups in total. The first-order valence-corrected chi connectivity index (χ1v) is 13.9. The molecule has 2 aromatic carbocycles. The van der Waals surface area contributed by atoms with Gasteiger partial charge in [0, 0.05) is 17.9 Å². The highest BCUT2D eigenvalue weighted by molar-refractivity contribution is 6.66. The van der Waals surface area contributed by atoms with Crippen LogP contribution in [0.2, 0.25) is 0 Å². The van der Waals surface area contributed by atoms with Crippen molar-refractivity contribution in [2.45, 2.75) is 41.0 Å². The summed E-state index contributed by atoms with van der Waals surface area (Å²) in [6, 6.07) is 9.22. The largest absolute Gasteiger partial charge is 0.573 e. The lowest BCUT2D eigenvalue weighted by Gasteiger charge is -2.54. The van der Waals surface area contributed by atoms with E-state index in [4.69, 9.17) is 46.4 Å².